The fraction of sp³-hybridized carbons (Fsp3) is 0.625. The highest BCUT2D eigenvalue weighted by Crippen LogP contribution is 2.06. The quantitative estimate of drug-likeness (QED) is 0.707. The van der Waals surface area contributed by atoms with E-state index in [4.69, 9.17) is 0 Å². The Hall–Kier alpha value is -0.310. The van der Waals surface area contributed by atoms with Gasteiger partial charge in [0.2, 0.25) is 0 Å². The van der Waals surface area contributed by atoms with Gasteiger partial charge in [0, 0.05) is 24.3 Å². The molecule has 11 heavy (non-hydrogen) atoms. The van der Waals surface area contributed by atoms with Crippen molar-refractivity contribution in [3.05, 3.63) is 18.5 Å². The average Bonchev–Trinajstić information content (AvgIpc) is 2.52. The van der Waals surface area contributed by atoms with E-state index in [-0.39, 0.29) is 0 Å². The zero-order valence-corrected chi connectivity index (χ0v) is 8.29. The van der Waals surface area contributed by atoms with Crippen molar-refractivity contribution in [2.45, 2.75) is 19.9 Å². The fourth-order valence-electron chi connectivity index (χ4n) is 0.863. The molecule has 1 heterocycles. The van der Waals surface area contributed by atoms with E-state index in [0.29, 0.717) is 0 Å². The van der Waals surface area contributed by atoms with E-state index in [1.807, 2.05) is 23.1 Å². The van der Waals surface area contributed by atoms with Crippen LogP contribution in [0.15, 0.2) is 18.5 Å². The lowest BCUT2D eigenvalue weighted by Crippen LogP contribution is -2.04. The molecule has 0 aliphatic carbocycles. The van der Waals surface area contributed by atoms with Crippen molar-refractivity contribution in [3.8, 4) is 0 Å². The zero-order valence-electron chi connectivity index (χ0n) is 6.70. The summed E-state index contributed by atoms with van der Waals surface area (Å²) in [6, 6.07) is 1.96. The smallest absolute Gasteiger partial charge is 0.0489 e. The van der Waals surface area contributed by atoms with Crippen LogP contribution in [0.25, 0.3) is 0 Å². The van der Waals surface area contributed by atoms with Gasteiger partial charge in [0.05, 0.1) is 0 Å². The van der Waals surface area contributed by atoms with Crippen LogP contribution in [0.4, 0.5) is 0 Å². The largest absolute Gasteiger partial charge is 0.273 e. The van der Waals surface area contributed by atoms with Gasteiger partial charge in [-0.25, -0.2) is 0 Å². The Morgan fingerprint density at radius 2 is 2.45 bits per heavy atom. The Bertz CT molecular complexity index is 184. The molecular formula is C8H13BrN2. The number of aryl methyl sites for hydroxylation is 1. The SMILES string of the molecule is CC(CBr)CCn1cccn1. The third-order valence-electron chi connectivity index (χ3n) is 1.67. The van der Waals surface area contributed by atoms with Gasteiger partial charge in [0.25, 0.3) is 0 Å². The highest BCUT2D eigenvalue weighted by atomic mass is 79.9. The molecule has 1 atom stereocenters. The number of hydrogen-bond acceptors (Lipinski definition) is 1. The topological polar surface area (TPSA) is 17.8 Å². The van der Waals surface area contributed by atoms with Crippen LogP contribution in [-0.2, 0) is 6.54 Å². The Morgan fingerprint density at radius 1 is 1.64 bits per heavy atom. The molecule has 1 aromatic rings. The predicted octanol–water partition coefficient (Wildman–Crippen LogP) is 2.30. The predicted molar refractivity (Wildman–Crippen MR) is 49.8 cm³/mol. The minimum atomic E-state index is 0.735. The van der Waals surface area contributed by atoms with Gasteiger partial charge in [-0.1, -0.05) is 22.9 Å². The van der Waals surface area contributed by atoms with E-state index < -0.39 is 0 Å². The van der Waals surface area contributed by atoms with Gasteiger partial charge in [-0.15, -0.1) is 0 Å². The number of rotatable bonds is 4. The molecule has 62 valence electrons. The third kappa shape index (κ3) is 3.06. The van der Waals surface area contributed by atoms with E-state index >= 15 is 0 Å². The zero-order chi connectivity index (χ0) is 8.10. The van der Waals surface area contributed by atoms with E-state index in [2.05, 4.69) is 28.0 Å². The van der Waals surface area contributed by atoms with Crippen LogP contribution in [0.3, 0.4) is 0 Å². The van der Waals surface area contributed by atoms with E-state index in [0.717, 1.165) is 17.8 Å². The molecule has 0 saturated heterocycles. The summed E-state index contributed by atoms with van der Waals surface area (Å²) in [7, 11) is 0. The van der Waals surface area contributed by atoms with Gasteiger partial charge < -0.3 is 0 Å². The molecule has 0 saturated carbocycles. The van der Waals surface area contributed by atoms with Crippen LogP contribution >= 0.6 is 15.9 Å². The number of halogens is 1. The molecule has 0 aliphatic heterocycles. The Balaban J connectivity index is 2.23. The van der Waals surface area contributed by atoms with Crippen molar-refractivity contribution < 1.29 is 0 Å². The Kier molecular flexibility index (Phi) is 3.63. The lowest BCUT2D eigenvalue weighted by molar-refractivity contribution is 0.494. The standard InChI is InChI=1S/C8H13BrN2/c1-8(7-9)3-6-11-5-2-4-10-11/h2,4-5,8H,3,6-7H2,1H3. The number of hydrogen-bond donors (Lipinski definition) is 0. The Morgan fingerprint density at radius 3 is 3.00 bits per heavy atom. The minimum Gasteiger partial charge on any atom is -0.273 e. The summed E-state index contributed by atoms with van der Waals surface area (Å²) in [5, 5.41) is 5.20. The molecule has 0 bridgehead atoms. The van der Waals surface area contributed by atoms with Gasteiger partial charge in [0.15, 0.2) is 0 Å². The molecule has 2 nitrogen and oxygen atoms in total. The molecular weight excluding hydrogens is 204 g/mol. The van der Waals surface area contributed by atoms with E-state index in [1.54, 1.807) is 0 Å². The van der Waals surface area contributed by atoms with Crippen molar-refractivity contribution in [1.29, 1.82) is 0 Å². The first kappa shape index (κ1) is 8.78. The van der Waals surface area contributed by atoms with Gasteiger partial charge in [0.1, 0.15) is 0 Å². The lowest BCUT2D eigenvalue weighted by Gasteiger charge is -2.06. The molecule has 0 aromatic carbocycles. The summed E-state index contributed by atoms with van der Waals surface area (Å²) in [4.78, 5) is 0. The highest BCUT2D eigenvalue weighted by Gasteiger charge is 1.99. The maximum atomic E-state index is 4.12. The molecule has 1 rings (SSSR count). The van der Waals surface area contributed by atoms with Crippen molar-refractivity contribution in [1.82, 2.24) is 9.78 Å². The van der Waals surface area contributed by atoms with Gasteiger partial charge in [-0.2, -0.15) is 5.10 Å². The number of alkyl halides is 1. The van der Waals surface area contributed by atoms with Crippen molar-refractivity contribution in [3.63, 3.8) is 0 Å². The van der Waals surface area contributed by atoms with E-state index in [1.165, 1.54) is 6.42 Å². The molecule has 1 aromatic heterocycles. The van der Waals surface area contributed by atoms with Gasteiger partial charge in [-0.3, -0.25) is 4.68 Å². The first-order chi connectivity index (χ1) is 5.33. The second-order valence-electron chi connectivity index (χ2n) is 2.82. The highest BCUT2D eigenvalue weighted by molar-refractivity contribution is 9.09. The molecule has 0 amide bonds. The lowest BCUT2D eigenvalue weighted by atomic mass is 10.1. The third-order valence-corrected chi connectivity index (χ3v) is 2.78. The van der Waals surface area contributed by atoms with Crippen LogP contribution < -0.4 is 0 Å². The summed E-state index contributed by atoms with van der Waals surface area (Å²) >= 11 is 3.45. The number of nitrogens with zero attached hydrogens (tertiary/aromatic N) is 2. The maximum absolute atomic E-state index is 4.12. The summed E-state index contributed by atoms with van der Waals surface area (Å²) in [5.41, 5.74) is 0. The average molecular weight is 217 g/mol. The molecule has 0 aliphatic rings. The van der Waals surface area contributed by atoms with Crippen LogP contribution in [0, 0.1) is 5.92 Å². The summed E-state index contributed by atoms with van der Waals surface area (Å²) in [6.45, 7) is 3.26. The maximum Gasteiger partial charge on any atom is 0.0489 e. The fourth-order valence-corrected chi connectivity index (χ4v) is 1.19. The van der Waals surface area contributed by atoms with Crippen LogP contribution in [0.2, 0.25) is 0 Å². The van der Waals surface area contributed by atoms with Crippen LogP contribution in [-0.4, -0.2) is 15.1 Å². The van der Waals surface area contributed by atoms with Crippen molar-refractivity contribution in [2.75, 3.05) is 5.33 Å². The van der Waals surface area contributed by atoms with Gasteiger partial charge >= 0.3 is 0 Å². The van der Waals surface area contributed by atoms with Gasteiger partial charge in [-0.05, 0) is 18.4 Å². The second-order valence-corrected chi connectivity index (χ2v) is 3.46. The molecule has 0 N–H and O–H groups in total. The summed E-state index contributed by atoms with van der Waals surface area (Å²) < 4.78 is 1.97. The second kappa shape index (κ2) is 4.54. The first-order valence-electron chi connectivity index (χ1n) is 3.86. The Labute approximate surface area is 75.7 Å². The normalized spacial score (nSPS) is 13.3. The van der Waals surface area contributed by atoms with Crippen LogP contribution in [0.5, 0.6) is 0 Å². The molecule has 3 heteroatoms. The van der Waals surface area contributed by atoms with Crippen LogP contribution in [0.1, 0.15) is 13.3 Å². The summed E-state index contributed by atoms with van der Waals surface area (Å²) in [5.74, 6) is 0.735. The molecule has 0 radical (unpaired) electrons. The molecule has 0 spiro atoms. The van der Waals surface area contributed by atoms with Crippen molar-refractivity contribution in [2.24, 2.45) is 5.92 Å². The number of aromatic nitrogens is 2. The van der Waals surface area contributed by atoms with E-state index in [9.17, 15) is 0 Å². The minimum absolute atomic E-state index is 0.735. The monoisotopic (exact) mass is 216 g/mol. The summed E-state index contributed by atoms with van der Waals surface area (Å²) in [6.07, 6.45) is 5.01. The molecule has 1 unspecified atom stereocenters. The van der Waals surface area contributed by atoms with Crippen molar-refractivity contribution >= 4 is 15.9 Å². The molecule has 0 fully saturated rings. The first-order valence-corrected chi connectivity index (χ1v) is 4.98.